The average Bonchev–Trinajstić information content (AvgIpc) is 3.07. The molecule has 1 atom stereocenters. The number of fused-ring (bicyclic) bond motifs is 2. The molecule has 0 aliphatic carbocycles. The first kappa shape index (κ1) is 18.7. The van der Waals surface area contributed by atoms with Gasteiger partial charge >= 0.3 is 0 Å². The highest BCUT2D eigenvalue weighted by atomic mass is 32.1. The Kier molecular flexibility index (Phi) is 4.71. The number of benzene rings is 1. The van der Waals surface area contributed by atoms with Crippen LogP contribution in [0.25, 0.3) is 10.2 Å². The summed E-state index contributed by atoms with van der Waals surface area (Å²) in [7, 11) is 0. The van der Waals surface area contributed by atoms with Gasteiger partial charge in [-0.3, -0.25) is 14.2 Å². The minimum absolute atomic E-state index is 0.0565. The molecule has 0 radical (unpaired) electrons. The minimum atomic E-state index is -0.378. The average molecular weight is 398 g/mol. The highest BCUT2D eigenvalue weighted by molar-refractivity contribution is 7.18. The monoisotopic (exact) mass is 397 g/mol. The van der Waals surface area contributed by atoms with E-state index < -0.39 is 0 Å². The second kappa shape index (κ2) is 7.05. The highest BCUT2D eigenvalue weighted by Gasteiger charge is 2.34. The van der Waals surface area contributed by atoms with Crippen LogP contribution in [0.1, 0.15) is 43.7 Å². The van der Waals surface area contributed by atoms with Gasteiger partial charge in [-0.05, 0) is 32.4 Å². The molecule has 1 aliphatic rings. The first-order valence-corrected chi connectivity index (χ1v) is 10.2. The lowest BCUT2D eigenvalue weighted by Crippen LogP contribution is -2.42. The number of hydrogen-bond donors (Lipinski definition) is 1. The van der Waals surface area contributed by atoms with Crippen molar-refractivity contribution < 1.29 is 9.53 Å². The van der Waals surface area contributed by atoms with Gasteiger partial charge in [-0.25, -0.2) is 4.98 Å². The van der Waals surface area contributed by atoms with E-state index in [1.807, 2.05) is 51.1 Å². The number of para-hydroxylation sites is 1. The van der Waals surface area contributed by atoms with E-state index in [1.54, 1.807) is 0 Å². The molecule has 0 bridgehead atoms. The Labute approximate surface area is 167 Å². The van der Waals surface area contributed by atoms with Gasteiger partial charge in [-0.15, -0.1) is 11.3 Å². The summed E-state index contributed by atoms with van der Waals surface area (Å²) >= 11 is 1.52. The number of nitrogens with zero attached hydrogens (tertiary/aromatic N) is 2. The normalized spacial score (nSPS) is 17.8. The molecule has 3 heterocycles. The molecule has 0 saturated carbocycles. The van der Waals surface area contributed by atoms with Crippen LogP contribution in [0.2, 0.25) is 0 Å². The summed E-state index contributed by atoms with van der Waals surface area (Å²) in [6.45, 7) is 6.00. The molecule has 146 valence electrons. The van der Waals surface area contributed by atoms with Crippen LogP contribution in [0.5, 0.6) is 5.75 Å². The topological polar surface area (TPSA) is 73.2 Å². The van der Waals surface area contributed by atoms with Gasteiger partial charge in [0.1, 0.15) is 22.7 Å². The Hall–Kier alpha value is -2.67. The van der Waals surface area contributed by atoms with Gasteiger partial charge in [0.15, 0.2) is 0 Å². The predicted molar refractivity (Wildman–Crippen MR) is 110 cm³/mol. The van der Waals surface area contributed by atoms with E-state index >= 15 is 0 Å². The minimum Gasteiger partial charge on any atom is -0.487 e. The number of nitrogens with one attached hydrogen (secondary N) is 1. The summed E-state index contributed by atoms with van der Waals surface area (Å²) < 4.78 is 7.39. The Morgan fingerprint density at radius 3 is 2.96 bits per heavy atom. The van der Waals surface area contributed by atoms with Crippen molar-refractivity contribution in [3.63, 3.8) is 0 Å². The van der Waals surface area contributed by atoms with Gasteiger partial charge < -0.3 is 10.1 Å². The number of amides is 1. The molecule has 2 aromatic heterocycles. The molecular formula is C21H23N3O3S. The molecule has 0 spiro atoms. The molecule has 1 aliphatic heterocycles. The molecule has 1 unspecified atom stereocenters. The first-order valence-electron chi connectivity index (χ1n) is 9.41. The molecule has 4 rings (SSSR count). The summed E-state index contributed by atoms with van der Waals surface area (Å²) in [5.74, 6) is 0.571. The lowest BCUT2D eigenvalue weighted by molar-refractivity contribution is -0.123. The van der Waals surface area contributed by atoms with Crippen LogP contribution in [0.4, 0.5) is 0 Å². The number of hydrogen-bond acceptors (Lipinski definition) is 5. The molecule has 1 amide bonds. The van der Waals surface area contributed by atoms with Crippen molar-refractivity contribution in [2.75, 3.05) is 0 Å². The molecule has 28 heavy (non-hydrogen) atoms. The Balaban J connectivity index is 1.56. The third-order valence-electron chi connectivity index (χ3n) is 4.94. The molecule has 1 N–H and O–H groups in total. The van der Waals surface area contributed by atoms with Crippen LogP contribution in [0.3, 0.4) is 0 Å². The van der Waals surface area contributed by atoms with Gasteiger partial charge in [0.05, 0.1) is 17.8 Å². The summed E-state index contributed by atoms with van der Waals surface area (Å²) in [5, 5.41) is 3.65. The van der Waals surface area contributed by atoms with E-state index in [1.165, 1.54) is 22.2 Å². The third kappa shape index (κ3) is 3.54. The summed E-state index contributed by atoms with van der Waals surface area (Å²) in [6.07, 6.45) is 2.98. The van der Waals surface area contributed by atoms with Gasteiger partial charge in [0.2, 0.25) is 5.91 Å². The second-order valence-corrected chi connectivity index (χ2v) is 8.80. The molecular weight excluding hydrogens is 374 g/mol. The second-order valence-electron chi connectivity index (χ2n) is 7.69. The number of thiophene rings is 1. The number of ether oxygens (including phenoxy) is 1. The zero-order chi connectivity index (χ0) is 19.9. The quantitative estimate of drug-likeness (QED) is 0.732. The summed E-state index contributed by atoms with van der Waals surface area (Å²) in [5.41, 5.74) is 0.405. The molecule has 7 heteroatoms. The maximum Gasteiger partial charge on any atom is 0.262 e. The van der Waals surface area contributed by atoms with Crippen molar-refractivity contribution >= 4 is 27.5 Å². The number of carbonyl (C=O) groups excluding carboxylic acids is 1. The van der Waals surface area contributed by atoms with Gasteiger partial charge in [-0.1, -0.05) is 25.1 Å². The lowest BCUT2D eigenvalue weighted by Gasteiger charge is -2.37. The lowest BCUT2D eigenvalue weighted by atomic mass is 9.89. The van der Waals surface area contributed by atoms with Crippen molar-refractivity contribution in [2.24, 2.45) is 0 Å². The van der Waals surface area contributed by atoms with Crippen LogP contribution in [0.15, 0.2) is 41.5 Å². The summed E-state index contributed by atoms with van der Waals surface area (Å²) in [6, 6.07) is 9.45. The summed E-state index contributed by atoms with van der Waals surface area (Å²) in [4.78, 5) is 31.6. The van der Waals surface area contributed by atoms with Gasteiger partial charge in [-0.2, -0.15) is 0 Å². The zero-order valence-corrected chi connectivity index (χ0v) is 17.0. The maximum absolute atomic E-state index is 12.7. The van der Waals surface area contributed by atoms with E-state index in [0.717, 1.165) is 27.4 Å². The molecule has 0 fully saturated rings. The fraction of sp³-hybridized carbons (Fsp3) is 0.381. The van der Waals surface area contributed by atoms with Crippen molar-refractivity contribution in [2.45, 2.75) is 51.8 Å². The van der Waals surface area contributed by atoms with Crippen LogP contribution < -0.4 is 15.6 Å². The van der Waals surface area contributed by atoms with Crippen LogP contribution >= 0.6 is 11.3 Å². The standard InChI is InChI=1S/C21H23N3O3S/c1-4-13-9-15-19(28-13)22-12-24(20(15)26)11-18(25)23-16-10-21(2,3)27-17-8-6-5-7-14(16)17/h5-9,12,16H,4,10-11H2,1-3H3,(H,23,25). The van der Waals surface area contributed by atoms with Crippen LogP contribution in [-0.4, -0.2) is 21.1 Å². The highest BCUT2D eigenvalue weighted by Crippen LogP contribution is 2.39. The molecule has 0 saturated heterocycles. The van der Waals surface area contributed by atoms with E-state index in [4.69, 9.17) is 4.74 Å². The molecule has 3 aromatic rings. The van der Waals surface area contributed by atoms with E-state index in [0.29, 0.717) is 11.8 Å². The van der Waals surface area contributed by atoms with E-state index in [-0.39, 0.29) is 29.7 Å². The van der Waals surface area contributed by atoms with Crippen molar-refractivity contribution in [1.29, 1.82) is 0 Å². The van der Waals surface area contributed by atoms with Crippen LogP contribution in [-0.2, 0) is 17.8 Å². The van der Waals surface area contributed by atoms with Crippen molar-refractivity contribution in [3.05, 3.63) is 57.5 Å². The molecule has 1 aromatic carbocycles. The number of carbonyl (C=O) groups is 1. The predicted octanol–water partition coefficient (Wildman–Crippen LogP) is 3.44. The third-order valence-corrected chi connectivity index (χ3v) is 6.13. The number of aryl methyl sites for hydroxylation is 1. The van der Waals surface area contributed by atoms with Crippen molar-refractivity contribution in [3.8, 4) is 5.75 Å². The smallest absolute Gasteiger partial charge is 0.262 e. The SMILES string of the molecule is CCc1cc2c(=O)n(CC(=O)NC3CC(C)(C)Oc4ccccc43)cnc2s1. The fourth-order valence-electron chi connectivity index (χ4n) is 3.62. The van der Waals surface area contributed by atoms with Gasteiger partial charge in [0.25, 0.3) is 5.56 Å². The van der Waals surface area contributed by atoms with Gasteiger partial charge in [0, 0.05) is 16.9 Å². The Morgan fingerprint density at radius 1 is 1.39 bits per heavy atom. The Morgan fingerprint density at radius 2 is 2.18 bits per heavy atom. The fourth-order valence-corrected chi connectivity index (χ4v) is 4.55. The zero-order valence-electron chi connectivity index (χ0n) is 16.2. The molecule has 6 nitrogen and oxygen atoms in total. The maximum atomic E-state index is 12.7. The number of rotatable bonds is 4. The number of aromatic nitrogens is 2. The largest absolute Gasteiger partial charge is 0.487 e. The Bertz CT molecular complexity index is 1100. The first-order chi connectivity index (χ1) is 13.4. The van der Waals surface area contributed by atoms with E-state index in [2.05, 4.69) is 10.3 Å². The van der Waals surface area contributed by atoms with Crippen molar-refractivity contribution in [1.82, 2.24) is 14.9 Å². The van der Waals surface area contributed by atoms with E-state index in [9.17, 15) is 9.59 Å². The van der Waals surface area contributed by atoms with Crippen LogP contribution in [0, 0.1) is 0 Å².